The first-order valence-corrected chi connectivity index (χ1v) is 15.3. The van der Waals surface area contributed by atoms with Crippen LogP contribution in [0.2, 0.25) is 0 Å². The summed E-state index contributed by atoms with van der Waals surface area (Å²) in [5.41, 5.74) is 4.50. The number of nitrogens with one attached hydrogen (secondary N) is 3. The third kappa shape index (κ3) is 5.19. The van der Waals surface area contributed by atoms with E-state index in [1.165, 1.54) is 0 Å². The summed E-state index contributed by atoms with van der Waals surface area (Å²) in [6.07, 6.45) is 4.74. The van der Waals surface area contributed by atoms with E-state index in [2.05, 4.69) is 22.5 Å². The van der Waals surface area contributed by atoms with Gasteiger partial charge in [0.15, 0.2) is 17.3 Å². The Morgan fingerprint density at radius 1 is 1.18 bits per heavy atom. The largest absolute Gasteiger partial charge is 0.369 e. The Hall–Kier alpha value is -3.60. The van der Waals surface area contributed by atoms with Gasteiger partial charge in [-0.15, -0.1) is 0 Å². The van der Waals surface area contributed by atoms with Crippen LogP contribution >= 0.6 is 0 Å². The number of hydrogen-bond donors (Lipinski definition) is 3. The summed E-state index contributed by atoms with van der Waals surface area (Å²) in [6, 6.07) is 7.01. The summed E-state index contributed by atoms with van der Waals surface area (Å²) in [4.78, 5) is 33.4. The lowest BCUT2D eigenvalue weighted by Gasteiger charge is -2.23. The van der Waals surface area contributed by atoms with Crippen LogP contribution in [0.5, 0.6) is 0 Å². The minimum Gasteiger partial charge on any atom is -0.369 e. The van der Waals surface area contributed by atoms with Gasteiger partial charge in [0, 0.05) is 34.7 Å². The maximum Gasteiger partial charge on any atom is 0.295 e. The minimum atomic E-state index is -2.77. The summed E-state index contributed by atoms with van der Waals surface area (Å²) in [5.74, 6) is 1.53. The van der Waals surface area contributed by atoms with E-state index >= 15 is 0 Å². The Bertz CT molecular complexity index is 1640. The number of allylic oxidation sites excluding steroid dienone is 1. The fourth-order valence-electron chi connectivity index (χ4n) is 4.81. The lowest BCUT2D eigenvalue weighted by Crippen LogP contribution is -2.32. The van der Waals surface area contributed by atoms with Crippen LogP contribution in [0.1, 0.15) is 70.1 Å². The van der Waals surface area contributed by atoms with Crippen LogP contribution in [0.4, 0.5) is 5.82 Å². The third-order valence-electron chi connectivity index (χ3n) is 7.56. The van der Waals surface area contributed by atoms with Crippen LogP contribution in [-0.2, 0) is 16.3 Å². The van der Waals surface area contributed by atoms with Crippen molar-refractivity contribution in [1.82, 2.24) is 24.8 Å². The molecule has 0 saturated heterocycles. The van der Waals surface area contributed by atoms with Gasteiger partial charge in [0.2, 0.25) is 0 Å². The molecule has 11 heteroatoms. The molecule has 1 aliphatic heterocycles. The first-order valence-electron chi connectivity index (χ1n) is 13.6. The molecule has 1 aromatic carbocycles. The van der Waals surface area contributed by atoms with E-state index in [0.29, 0.717) is 40.0 Å². The molecule has 3 N–H and O–H groups in total. The summed E-state index contributed by atoms with van der Waals surface area (Å²) >= 11 is 0. The smallest absolute Gasteiger partial charge is 0.295 e. The average Bonchev–Trinajstić information content (AvgIpc) is 3.77. The Morgan fingerprint density at radius 2 is 1.90 bits per heavy atom. The number of benzene rings is 1. The number of nitrogens with zero attached hydrogens (tertiary/aromatic N) is 5. The molecule has 39 heavy (non-hydrogen) atoms. The van der Waals surface area contributed by atoms with Crippen molar-refractivity contribution in [3.05, 3.63) is 57.4 Å². The topological polar surface area (TPSA) is 138 Å². The Kier molecular flexibility index (Phi) is 7.28. The number of anilines is 1. The van der Waals surface area contributed by atoms with Crippen molar-refractivity contribution < 1.29 is 4.21 Å². The first kappa shape index (κ1) is 27.0. The van der Waals surface area contributed by atoms with Crippen LogP contribution < -0.4 is 16.2 Å². The van der Waals surface area contributed by atoms with Crippen LogP contribution in [0.3, 0.4) is 0 Å². The molecule has 0 bridgehead atoms. The standard InChI is InChI=1S/C28H36N8O2S/c1-6-16(3)36-27-23(18(5)33-25(35-27)22-17(4)31-15-32-24(22)20-10-11-20)34-26(28(36)37)30-14-19-8-12-21(13-9-19)39(29,38)7-2/h8-9,12-13,15-17,20,29H,6-7,10-11,14H2,1-5H3,(H,30,34)(H,31,32)/t16-,17?,39?/m0/s1. The van der Waals surface area contributed by atoms with Crippen molar-refractivity contribution in [2.24, 2.45) is 10.9 Å². The molecular formula is C28H36N8O2S. The molecular weight excluding hydrogens is 512 g/mol. The van der Waals surface area contributed by atoms with Gasteiger partial charge in [0.1, 0.15) is 5.52 Å². The fourth-order valence-corrected chi connectivity index (χ4v) is 5.72. The van der Waals surface area contributed by atoms with Crippen molar-refractivity contribution in [3.8, 4) is 0 Å². The molecule has 3 atom stereocenters. The van der Waals surface area contributed by atoms with Crippen molar-refractivity contribution in [3.63, 3.8) is 0 Å². The quantitative estimate of drug-likeness (QED) is 0.354. The zero-order valence-corrected chi connectivity index (χ0v) is 23.9. The second-order valence-corrected chi connectivity index (χ2v) is 12.8. The highest BCUT2D eigenvalue weighted by Gasteiger charge is 2.33. The molecule has 0 spiro atoms. The van der Waals surface area contributed by atoms with Gasteiger partial charge in [-0.25, -0.2) is 28.9 Å². The number of aliphatic imine (C=N–C) groups is 1. The number of rotatable bonds is 9. The zero-order chi connectivity index (χ0) is 27.9. The molecule has 1 fully saturated rings. The van der Waals surface area contributed by atoms with E-state index in [0.717, 1.165) is 36.1 Å². The Morgan fingerprint density at radius 3 is 2.54 bits per heavy atom. The van der Waals surface area contributed by atoms with E-state index in [-0.39, 0.29) is 29.2 Å². The van der Waals surface area contributed by atoms with Crippen LogP contribution in [0.15, 0.2) is 44.6 Å². The van der Waals surface area contributed by atoms with E-state index in [4.69, 9.17) is 19.7 Å². The number of fused-ring (bicyclic) bond motifs is 1. The van der Waals surface area contributed by atoms with Gasteiger partial charge >= 0.3 is 0 Å². The Labute approximate surface area is 229 Å². The van der Waals surface area contributed by atoms with E-state index in [9.17, 15) is 9.00 Å². The molecule has 2 aromatic heterocycles. The highest BCUT2D eigenvalue weighted by atomic mass is 32.2. The van der Waals surface area contributed by atoms with Gasteiger partial charge in [-0.05, 0) is 57.7 Å². The normalized spacial score (nSPS) is 19.6. The molecule has 1 aliphatic carbocycles. The number of aromatic nitrogens is 4. The van der Waals surface area contributed by atoms with E-state index in [1.54, 1.807) is 30.0 Å². The summed E-state index contributed by atoms with van der Waals surface area (Å²) in [7, 11) is -2.77. The highest BCUT2D eigenvalue weighted by molar-refractivity contribution is 7.92. The monoisotopic (exact) mass is 548 g/mol. The summed E-state index contributed by atoms with van der Waals surface area (Å²) in [5, 5.41) is 6.48. The van der Waals surface area contributed by atoms with Crippen molar-refractivity contribution in [2.45, 2.75) is 77.4 Å². The van der Waals surface area contributed by atoms with Gasteiger partial charge in [0.25, 0.3) is 5.56 Å². The minimum absolute atomic E-state index is 0.0137. The first-order chi connectivity index (χ1) is 18.6. The van der Waals surface area contributed by atoms with Crippen molar-refractivity contribution in [1.29, 1.82) is 4.78 Å². The zero-order valence-electron chi connectivity index (χ0n) is 23.1. The lowest BCUT2D eigenvalue weighted by molar-refractivity contribution is 0.526. The molecule has 3 aromatic rings. The van der Waals surface area contributed by atoms with E-state index < -0.39 is 9.73 Å². The predicted octanol–water partition coefficient (Wildman–Crippen LogP) is 4.64. The lowest BCUT2D eigenvalue weighted by atomic mass is 10.0. The average molecular weight is 549 g/mol. The predicted molar refractivity (Wildman–Crippen MR) is 156 cm³/mol. The van der Waals surface area contributed by atoms with Gasteiger partial charge in [-0.1, -0.05) is 26.0 Å². The molecule has 206 valence electrons. The SMILES string of the molecule is CC[C@H](C)n1c(=O)c(NCc2ccc(S(=N)(=O)CC)cc2)nc2c(C)nc(C3=C(C4CC4)N=CNC3C)nc21. The number of hydrogen-bond acceptors (Lipinski definition) is 9. The number of aryl methyl sites for hydroxylation is 1. The molecule has 2 aliphatic rings. The second kappa shape index (κ2) is 10.5. The van der Waals surface area contributed by atoms with Crippen LogP contribution in [0, 0.1) is 17.6 Å². The fraction of sp³-hybridized carbons (Fsp3) is 0.464. The van der Waals surface area contributed by atoms with Gasteiger partial charge in [-0.3, -0.25) is 9.36 Å². The van der Waals surface area contributed by atoms with Gasteiger partial charge in [0.05, 0.1) is 33.5 Å². The maximum atomic E-state index is 13.7. The molecule has 2 unspecified atom stereocenters. The second-order valence-electron chi connectivity index (χ2n) is 10.4. The van der Waals surface area contributed by atoms with Gasteiger partial charge < -0.3 is 10.6 Å². The molecule has 1 saturated carbocycles. The molecule has 0 radical (unpaired) electrons. The molecule has 10 nitrogen and oxygen atoms in total. The van der Waals surface area contributed by atoms with Crippen LogP contribution in [0.25, 0.3) is 16.7 Å². The van der Waals surface area contributed by atoms with Crippen molar-refractivity contribution >= 4 is 38.6 Å². The summed E-state index contributed by atoms with van der Waals surface area (Å²) < 4.78 is 22.1. The maximum absolute atomic E-state index is 13.7. The molecule has 3 heterocycles. The Balaban J connectivity index is 1.56. The van der Waals surface area contributed by atoms with Crippen molar-refractivity contribution in [2.75, 3.05) is 11.1 Å². The highest BCUT2D eigenvalue weighted by Crippen LogP contribution is 2.42. The summed E-state index contributed by atoms with van der Waals surface area (Å²) in [6.45, 7) is 10.1. The third-order valence-corrected chi connectivity index (χ3v) is 9.40. The molecule has 5 rings (SSSR count). The van der Waals surface area contributed by atoms with Gasteiger partial charge in [-0.2, -0.15) is 0 Å². The van der Waals surface area contributed by atoms with E-state index in [1.807, 2.05) is 32.9 Å². The molecule has 0 amide bonds. The van der Waals surface area contributed by atoms with Crippen LogP contribution in [-0.4, -0.2) is 41.9 Å².